The van der Waals surface area contributed by atoms with Crippen LogP contribution in [-0.4, -0.2) is 54.3 Å². The average molecular weight is 405 g/mol. The van der Waals surface area contributed by atoms with Crippen LogP contribution in [-0.2, 0) is 0 Å². The zero-order valence-corrected chi connectivity index (χ0v) is 16.6. The molecule has 1 aromatic carbocycles. The normalized spacial score (nSPS) is 20.2. The Balaban J connectivity index is 1.29. The summed E-state index contributed by atoms with van der Waals surface area (Å²) in [7, 11) is 1.61. The predicted octanol–water partition coefficient (Wildman–Crippen LogP) is 2.33. The van der Waals surface area contributed by atoms with Crippen LogP contribution in [0.3, 0.4) is 0 Å². The van der Waals surface area contributed by atoms with E-state index < -0.39 is 0 Å². The van der Waals surface area contributed by atoms with E-state index in [0.29, 0.717) is 29.1 Å². The Bertz CT molecular complexity index is 1080. The zero-order chi connectivity index (χ0) is 20.5. The van der Waals surface area contributed by atoms with E-state index >= 15 is 0 Å². The van der Waals surface area contributed by atoms with E-state index in [-0.39, 0.29) is 6.03 Å². The van der Waals surface area contributed by atoms with Crippen LogP contribution >= 0.6 is 0 Å². The number of benzene rings is 1. The molecule has 2 fully saturated rings. The van der Waals surface area contributed by atoms with Crippen molar-refractivity contribution in [3.8, 4) is 5.75 Å². The molecule has 4 heterocycles. The summed E-state index contributed by atoms with van der Waals surface area (Å²) in [5.41, 5.74) is 1.40. The fourth-order valence-corrected chi connectivity index (χ4v) is 4.24. The topological polar surface area (TPSA) is 104 Å². The minimum atomic E-state index is -0.382. The van der Waals surface area contributed by atoms with Crippen LogP contribution in [0.4, 0.5) is 22.1 Å². The third-order valence-electron chi connectivity index (χ3n) is 5.78. The fraction of sp³-hybridized carbons (Fsp3) is 0.333. The van der Waals surface area contributed by atoms with Gasteiger partial charge in [0.1, 0.15) is 11.6 Å². The van der Waals surface area contributed by atoms with Gasteiger partial charge in [0.15, 0.2) is 5.82 Å². The van der Waals surface area contributed by atoms with Crippen LogP contribution < -0.4 is 25.6 Å². The number of hydrogen-bond acceptors (Lipinski definition) is 7. The molecule has 0 bridgehead atoms. The first-order valence-corrected chi connectivity index (χ1v) is 9.98. The largest absolute Gasteiger partial charge is 0.497 e. The van der Waals surface area contributed by atoms with Gasteiger partial charge < -0.3 is 20.3 Å². The van der Waals surface area contributed by atoms with Gasteiger partial charge in [-0.05, 0) is 30.0 Å². The van der Waals surface area contributed by atoms with Crippen molar-refractivity contribution < 1.29 is 9.53 Å². The van der Waals surface area contributed by atoms with Crippen LogP contribution in [0.2, 0.25) is 0 Å². The van der Waals surface area contributed by atoms with Gasteiger partial charge in [0, 0.05) is 43.8 Å². The number of ether oxygens (including phenoxy) is 1. The first-order chi connectivity index (χ1) is 14.7. The summed E-state index contributed by atoms with van der Waals surface area (Å²) in [6.45, 7) is 4.05. The zero-order valence-electron chi connectivity index (χ0n) is 16.6. The summed E-state index contributed by atoms with van der Waals surface area (Å²) in [5.74, 6) is 3.24. The fourth-order valence-electron chi connectivity index (χ4n) is 4.24. The third-order valence-corrected chi connectivity index (χ3v) is 5.78. The molecule has 0 saturated carbocycles. The molecule has 2 aliphatic heterocycles. The predicted molar refractivity (Wildman–Crippen MR) is 115 cm³/mol. The van der Waals surface area contributed by atoms with Gasteiger partial charge in [0.05, 0.1) is 30.7 Å². The minimum Gasteiger partial charge on any atom is -0.497 e. The van der Waals surface area contributed by atoms with Crippen LogP contribution in [0, 0.1) is 11.8 Å². The Labute approximate surface area is 173 Å². The van der Waals surface area contributed by atoms with E-state index in [1.165, 1.54) is 0 Å². The van der Waals surface area contributed by atoms with Crippen LogP contribution in [0.15, 0.2) is 42.9 Å². The van der Waals surface area contributed by atoms with Gasteiger partial charge in [-0.15, -0.1) is 0 Å². The first kappa shape index (κ1) is 18.6. The second kappa shape index (κ2) is 7.75. The molecule has 9 heteroatoms. The van der Waals surface area contributed by atoms with Crippen molar-refractivity contribution >= 4 is 34.3 Å². The lowest BCUT2D eigenvalue weighted by atomic mass is 10.0. The molecule has 2 aliphatic rings. The maximum absolute atomic E-state index is 12.6. The van der Waals surface area contributed by atoms with Gasteiger partial charge >= 0.3 is 6.03 Å². The molecule has 2 aromatic heterocycles. The van der Waals surface area contributed by atoms with Crippen molar-refractivity contribution in [2.24, 2.45) is 11.8 Å². The number of urea groups is 1. The molecule has 3 N–H and O–H groups in total. The quantitative estimate of drug-likeness (QED) is 0.612. The summed E-state index contributed by atoms with van der Waals surface area (Å²) < 4.78 is 5.24. The van der Waals surface area contributed by atoms with E-state index in [9.17, 15) is 4.79 Å². The van der Waals surface area contributed by atoms with Crippen molar-refractivity contribution in [3.05, 3.63) is 42.9 Å². The molecular formula is C21H23N7O2. The number of anilines is 3. The van der Waals surface area contributed by atoms with E-state index in [1.807, 2.05) is 18.2 Å². The second-order valence-corrected chi connectivity index (χ2v) is 7.67. The van der Waals surface area contributed by atoms with Gasteiger partial charge in [0.25, 0.3) is 0 Å². The number of fused-ring (bicyclic) bond motifs is 2. The van der Waals surface area contributed by atoms with Crippen LogP contribution in [0.1, 0.15) is 0 Å². The van der Waals surface area contributed by atoms with Gasteiger partial charge in [-0.2, -0.15) is 0 Å². The molecule has 0 spiro atoms. The van der Waals surface area contributed by atoms with Gasteiger partial charge in [-0.3, -0.25) is 15.3 Å². The van der Waals surface area contributed by atoms with E-state index in [2.05, 4.69) is 35.8 Å². The molecule has 9 nitrogen and oxygen atoms in total. The lowest BCUT2D eigenvalue weighted by Gasteiger charge is -2.18. The molecule has 0 aliphatic carbocycles. The number of hydrogen-bond donors (Lipinski definition) is 3. The standard InChI is InChI=1S/C21H23N7O2/c1-30-15-2-3-16-17(4-5-24-18(16)6-15)25-21(29)27-19-9-23-10-20(26-19)28-11-13-7-22-8-14(13)12-28/h2-6,9-10,13-14,22H,7-8,11-12H2,1H3,(H2,24,25,26,27,29)/t13-,14+. The monoisotopic (exact) mass is 405 g/mol. The third kappa shape index (κ3) is 3.59. The van der Waals surface area contributed by atoms with Crippen molar-refractivity contribution in [2.75, 3.05) is 48.8 Å². The summed E-state index contributed by atoms with van der Waals surface area (Å²) in [6, 6.07) is 6.91. The van der Waals surface area contributed by atoms with Crippen molar-refractivity contribution in [1.29, 1.82) is 0 Å². The Morgan fingerprint density at radius 3 is 2.80 bits per heavy atom. The van der Waals surface area contributed by atoms with Gasteiger partial charge in [-0.1, -0.05) is 0 Å². The summed E-state index contributed by atoms with van der Waals surface area (Å²) in [5, 5.41) is 9.92. The van der Waals surface area contributed by atoms with Gasteiger partial charge in [-0.25, -0.2) is 9.78 Å². The summed E-state index contributed by atoms with van der Waals surface area (Å²) >= 11 is 0. The SMILES string of the molecule is COc1ccc2c(NC(=O)Nc3cncc(N4C[C@H]5CNC[C@H]5C4)n3)ccnc2c1. The molecule has 3 aromatic rings. The molecule has 2 amide bonds. The Hall–Kier alpha value is -3.46. The number of amides is 2. The molecule has 30 heavy (non-hydrogen) atoms. The highest BCUT2D eigenvalue weighted by molar-refractivity contribution is 6.05. The first-order valence-electron chi connectivity index (χ1n) is 9.98. The Kier molecular flexibility index (Phi) is 4.80. The summed E-state index contributed by atoms with van der Waals surface area (Å²) in [4.78, 5) is 28.0. The van der Waals surface area contributed by atoms with E-state index in [4.69, 9.17) is 4.74 Å². The van der Waals surface area contributed by atoms with Crippen molar-refractivity contribution in [1.82, 2.24) is 20.3 Å². The highest BCUT2D eigenvalue weighted by Gasteiger charge is 2.36. The summed E-state index contributed by atoms with van der Waals surface area (Å²) in [6.07, 6.45) is 4.95. The maximum atomic E-state index is 12.6. The molecule has 5 rings (SSSR count). The Morgan fingerprint density at radius 1 is 1.17 bits per heavy atom. The maximum Gasteiger partial charge on any atom is 0.324 e. The van der Waals surface area contributed by atoms with Crippen LogP contribution in [0.25, 0.3) is 10.9 Å². The molecule has 154 valence electrons. The second-order valence-electron chi connectivity index (χ2n) is 7.67. The average Bonchev–Trinajstić information content (AvgIpc) is 3.36. The lowest BCUT2D eigenvalue weighted by Crippen LogP contribution is -2.27. The number of nitrogens with one attached hydrogen (secondary N) is 3. The van der Waals surface area contributed by atoms with Gasteiger partial charge in [0.2, 0.25) is 0 Å². The van der Waals surface area contributed by atoms with Crippen molar-refractivity contribution in [3.63, 3.8) is 0 Å². The molecule has 2 saturated heterocycles. The molecular weight excluding hydrogens is 382 g/mol. The molecule has 2 atom stereocenters. The smallest absolute Gasteiger partial charge is 0.324 e. The van der Waals surface area contributed by atoms with E-state index in [0.717, 1.165) is 42.9 Å². The number of carbonyl (C=O) groups excluding carboxylic acids is 1. The van der Waals surface area contributed by atoms with Crippen LogP contribution in [0.5, 0.6) is 5.75 Å². The number of aromatic nitrogens is 3. The van der Waals surface area contributed by atoms with Crippen molar-refractivity contribution in [2.45, 2.75) is 0 Å². The highest BCUT2D eigenvalue weighted by atomic mass is 16.5. The number of pyridine rings is 1. The lowest BCUT2D eigenvalue weighted by molar-refractivity contribution is 0.262. The van der Waals surface area contributed by atoms with E-state index in [1.54, 1.807) is 31.8 Å². The number of rotatable bonds is 4. The minimum absolute atomic E-state index is 0.382. The number of carbonyl (C=O) groups is 1. The Morgan fingerprint density at radius 2 is 2.00 bits per heavy atom. The number of methoxy groups -OCH3 is 1. The number of nitrogens with zero attached hydrogens (tertiary/aromatic N) is 4. The highest BCUT2D eigenvalue weighted by Crippen LogP contribution is 2.30. The molecule has 0 radical (unpaired) electrons. The molecule has 0 unspecified atom stereocenters.